The molecule has 0 unspecified atom stereocenters. The monoisotopic (exact) mass is 158 g/mol. The van der Waals surface area contributed by atoms with Crippen molar-refractivity contribution in [2.24, 2.45) is 5.73 Å². The fraction of sp³-hybridized carbons (Fsp3) is 0.857. The van der Waals surface area contributed by atoms with Crippen LogP contribution < -0.4 is 5.73 Å². The van der Waals surface area contributed by atoms with Crippen LogP contribution in [0.3, 0.4) is 0 Å². The molecule has 2 nitrogen and oxygen atoms in total. The van der Waals surface area contributed by atoms with Crippen LogP contribution in [0.25, 0.3) is 0 Å². The highest BCUT2D eigenvalue weighted by molar-refractivity contribution is 7.80. The molecule has 0 saturated heterocycles. The molecule has 10 heavy (non-hydrogen) atoms. The van der Waals surface area contributed by atoms with Gasteiger partial charge in [-0.15, -0.1) is 0 Å². The van der Waals surface area contributed by atoms with Crippen LogP contribution in [0.1, 0.15) is 19.3 Å². The minimum absolute atomic E-state index is 0.606. The zero-order chi connectivity index (χ0) is 7.56. The van der Waals surface area contributed by atoms with Crippen molar-refractivity contribution in [3.63, 3.8) is 0 Å². The van der Waals surface area contributed by atoms with Crippen molar-refractivity contribution in [2.45, 2.75) is 25.3 Å². The van der Waals surface area contributed by atoms with E-state index in [0.29, 0.717) is 4.99 Å². The Morgan fingerprint density at radius 3 is 2.60 bits per heavy atom. The highest BCUT2D eigenvalue weighted by atomic mass is 32.1. The Kier molecular flexibility index (Phi) is 2.63. The molecule has 0 aliphatic heterocycles. The summed E-state index contributed by atoms with van der Waals surface area (Å²) in [5.41, 5.74) is 5.40. The average Bonchev–Trinajstić information content (AvgIpc) is 1.55. The number of nitrogens with zero attached hydrogens (tertiary/aromatic N) is 1. The Balaban J connectivity index is 2.19. The normalized spacial score (nSPS) is 19.0. The van der Waals surface area contributed by atoms with E-state index in [-0.39, 0.29) is 0 Å². The lowest BCUT2D eigenvalue weighted by molar-refractivity contribution is 0.180. The molecule has 0 spiro atoms. The maximum atomic E-state index is 5.40. The summed E-state index contributed by atoms with van der Waals surface area (Å²) in [7, 11) is 2.09. The lowest BCUT2D eigenvalue weighted by Crippen LogP contribution is -2.41. The number of nitrogens with two attached hydrogens (primary N) is 1. The summed E-state index contributed by atoms with van der Waals surface area (Å²) in [6.07, 6.45) is 4.00. The van der Waals surface area contributed by atoms with Gasteiger partial charge in [-0.05, 0) is 19.9 Å². The van der Waals surface area contributed by atoms with Crippen molar-refractivity contribution in [3.05, 3.63) is 0 Å². The van der Waals surface area contributed by atoms with E-state index in [4.69, 9.17) is 18.0 Å². The van der Waals surface area contributed by atoms with Crippen LogP contribution in [-0.2, 0) is 0 Å². The van der Waals surface area contributed by atoms with Gasteiger partial charge in [-0.2, -0.15) is 0 Å². The minimum Gasteiger partial charge on any atom is -0.392 e. The molecule has 3 heteroatoms. The predicted molar refractivity (Wildman–Crippen MR) is 47.1 cm³/mol. The Bertz CT molecular complexity index is 132. The highest BCUT2D eigenvalue weighted by Gasteiger charge is 2.21. The van der Waals surface area contributed by atoms with E-state index in [0.717, 1.165) is 12.6 Å². The Morgan fingerprint density at radius 1 is 1.70 bits per heavy atom. The molecular weight excluding hydrogens is 144 g/mol. The first-order chi connectivity index (χ1) is 4.70. The van der Waals surface area contributed by atoms with Gasteiger partial charge >= 0.3 is 0 Å². The third kappa shape index (κ3) is 1.92. The first-order valence-corrected chi connectivity index (χ1v) is 4.09. The molecule has 2 N–H and O–H groups in total. The molecule has 1 saturated carbocycles. The van der Waals surface area contributed by atoms with Crippen LogP contribution in [0.15, 0.2) is 0 Å². The first kappa shape index (κ1) is 7.95. The number of rotatable bonds is 3. The summed E-state index contributed by atoms with van der Waals surface area (Å²) in [6, 6.07) is 0.751. The summed E-state index contributed by atoms with van der Waals surface area (Å²) in [5.74, 6) is 0. The number of hydrogen-bond donors (Lipinski definition) is 1. The SMILES string of the molecule is CN(CC(N)=S)C1CCC1. The second kappa shape index (κ2) is 3.30. The summed E-state index contributed by atoms with van der Waals surface area (Å²) in [4.78, 5) is 2.85. The smallest absolute Gasteiger partial charge is 0.0870 e. The van der Waals surface area contributed by atoms with Crippen molar-refractivity contribution in [1.82, 2.24) is 4.90 Å². The summed E-state index contributed by atoms with van der Waals surface area (Å²) < 4.78 is 0. The molecule has 0 atom stereocenters. The minimum atomic E-state index is 0.606. The summed E-state index contributed by atoms with van der Waals surface area (Å²) >= 11 is 4.80. The molecule has 58 valence electrons. The highest BCUT2D eigenvalue weighted by Crippen LogP contribution is 2.22. The molecule has 0 bridgehead atoms. The molecule has 0 aromatic rings. The topological polar surface area (TPSA) is 29.3 Å². The Labute approximate surface area is 67.4 Å². The van der Waals surface area contributed by atoms with Crippen LogP contribution in [0.4, 0.5) is 0 Å². The van der Waals surface area contributed by atoms with Crippen LogP contribution >= 0.6 is 12.2 Å². The lowest BCUT2D eigenvalue weighted by Gasteiger charge is -2.34. The number of thiocarbonyl (C=S) groups is 1. The van der Waals surface area contributed by atoms with Gasteiger partial charge in [0, 0.05) is 12.6 Å². The zero-order valence-corrected chi connectivity index (χ0v) is 7.16. The van der Waals surface area contributed by atoms with Crippen molar-refractivity contribution < 1.29 is 0 Å². The molecule has 1 fully saturated rings. The van der Waals surface area contributed by atoms with E-state index in [9.17, 15) is 0 Å². The van der Waals surface area contributed by atoms with Crippen molar-refractivity contribution >= 4 is 17.2 Å². The van der Waals surface area contributed by atoms with Crippen LogP contribution in [0.2, 0.25) is 0 Å². The molecule has 0 amide bonds. The molecule has 1 aliphatic carbocycles. The van der Waals surface area contributed by atoms with Gasteiger partial charge in [0.25, 0.3) is 0 Å². The average molecular weight is 158 g/mol. The quantitative estimate of drug-likeness (QED) is 0.615. The lowest BCUT2D eigenvalue weighted by atomic mass is 9.92. The van der Waals surface area contributed by atoms with Gasteiger partial charge in [0.15, 0.2) is 0 Å². The van der Waals surface area contributed by atoms with E-state index >= 15 is 0 Å². The third-order valence-electron chi connectivity index (χ3n) is 2.10. The molecule has 1 rings (SSSR count). The second-order valence-electron chi connectivity index (χ2n) is 2.97. The van der Waals surface area contributed by atoms with E-state index in [1.807, 2.05) is 0 Å². The molecule has 0 aromatic carbocycles. The van der Waals surface area contributed by atoms with E-state index < -0.39 is 0 Å². The van der Waals surface area contributed by atoms with Gasteiger partial charge in [-0.1, -0.05) is 18.6 Å². The Hall–Kier alpha value is -0.150. The van der Waals surface area contributed by atoms with Crippen molar-refractivity contribution in [3.8, 4) is 0 Å². The number of hydrogen-bond acceptors (Lipinski definition) is 2. The van der Waals surface area contributed by atoms with Gasteiger partial charge in [-0.25, -0.2) is 0 Å². The first-order valence-electron chi connectivity index (χ1n) is 3.68. The van der Waals surface area contributed by atoms with Gasteiger partial charge in [0.05, 0.1) is 4.99 Å². The third-order valence-corrected chi connectivity index (χ3v) is 2.23. The standard InChI is InChI=1S/C7H14N2S/c1-9(5-7(8)10)6-3-2-4-6/h6H,2-5H2,1H3,(H2,8,10). The fourth-order valence-corrected chi connectivity index (χ4v) is 1.41. The molecule has 0 heterocycles. The van der Waals surface area contributed by atoms with E-state index in [1.165, 1.54) is 19.3 Å². The van der Waals surface area contributed by atoms with E-state index in [1.54, 1.807) is 0 Å². The molecular formula is C7H14N2S. The van der Waals surface area contributed by atoms with Crippen molar-refractivity contribution in [2.75, 3.05) is 13.6 Å². The van der Waals surface area contributed by atoms with Crippen molar-refractivity contribution in [1.29, 1.82) is 0 Å². The maximum absolute atomic E-state index is 5.40. The molecule has 0 radical (unpaired) electrons. The van der Waals surface area contributed by atoms with Gasteiger partial charge in [0.1, 0.15) is 0 Å². The summed E-state index contributed by atoms with van der Waals surface area (Å²) in [6.45, 7) is 0.778. The van der Waals surface area contributed by atoms with Crippen LogP contribution in [0, 0.1) is 0 Å². The molecule has 0 aromatic heterocycles. The molecule has 1 aliphatic rings. The van der Waals surface area contributed by atoms with Gasteiger partial charge in [0.2, 0.25) is 0 Å². The maximum Gasteiger partial charge on any atom is 0.0870 e. The Morgan fingerprint density at radius 2 is 2.30 bits per heavy atom. The van der Waals surface area contributed by atoms with Crippen LogP contribution in [0.5, 0.6) is 0 Å². The fourth-order valence-electron chi connectivity index (χ4n) is 1.20. The number of likely N-dealkylation sites (N-methyl/N-ethyl adjacent to an activating group) is 1. The van der Waals surface area contributed by atoms with Gasteiger partial charge in [-0.3, -0.25) is 4.90 Å². The zero-order valence-electron chi connectivity index (χ0n) is 6.34. The largest absolute Gasteiger partial charge is 0.392 e. The predicted octanol–water partition coefficient (Wildman–Crippen LogP) is 0.757. The summed E-state index contributed by atoms with van der Waals surface area (Å²) in [5, 5.41) is 0. The van der Waals surface area contributed by atoms with E-state index in [2.05, 4.69) is 11.9 Å². The second-order valence-corrected chi connectivity index (χ2v) is 3.49. The van der Waals surface area contributed by atoms with Gasteiger partial charge < -0.3 is 5.73 Å². The van der Waals surface area contributed by atoms with Crippen LogP contribution in [-0.4, -0.2) is 29.5 Å².